The third-order valence-corrected chi connectivity index (χ3v) is 6.19. The smallest absolute Gasteiger partial charge is 0.325 e. The summed E-state index contributed by atoms with van der Waals surface area (Å²) in [5.74, 6) is -0.224. The molecule has 1 saturated heterocycles. The quantitative estimate of drug-likeness (QED) is 0.686. The number of amides is 4. The van der Waals surface area contributed by atoms with Crippen LogP contribution in [0.3, 0.4) is 0 Å². The summed E-state index contributed by atoms with van der Waals surface area (Å²) in [5, 5.41) is 3.05. The summed E-state index contributed by atoms with van der Waals surface area (Å²) in [6.45, 7) is 2.21. The molecule has 1 saturated carbocycles. The van der Waals surface area contributed by atoms with E-state index in [9.17, 15) is 14.4 Å². The highest BCUT2D eigenvalue weighted by Crippen LogP contribution is 2.36. The number of halogens is 1. The number of urea groups is 1. The van der Waals surface area contributed by atoms with Crippen molar-refractivity contribution in [1.82, 2.24) is 15.1 Å². The van der Waals surface area contributed by atoms with Crippen molar-refractivity contribution < 1.29 is 14.4 Å². The second-order valence-electron chi connectivity index (χ2n) is 7.91. The molecule has 156 valence electrons. The first-order valence-electron chi connectivity index (χ1n) is 10.2. The zero-order chi connectivity index (χ0) is 21.3. The van der Waals surface area contributed by atoms with Crippen LogP contribution in [0.15, 0.2) is 54.6 Å². The topological polar surface area (TPSA) is 69.7 Å². The molecule has 0 radical (unpaired) electrons. The molecular weight excluding hydrogens is 402 g/mol. The van der Waals surface area contributed by atoms with Gasteiger partial charge in [0.15, 0.2) is 0 Å². The van der Waals surface area contributed by atoms with E-state index in [-0.39, 0.29) is 18.5 Å². The third-order valence-electron chi connectivity index (χ3n) is 5.85. The van der Waals surface area contributed by atoms with Crippen molar-refractivity contribution in [2.75, 3.05) is 6.54 Å². The first-order chi connectivity index (χ1) is 14.5. The first-order valence-corrected chi connectivity index (χ1v) is 10.5. The maximum atomic E-state index is 13.2. The molecule has 30 heavy (non-hydrogen) atoms. The summed E-state index contributed by atoms with van der Waals surface area (Å²) in [4.78, 5) is 41.4. The molecule has 0 spiro atoms. The Labute approximate surface area is 180 Å². The Kier molecular flexibility index (Phi) is 5.77. The lowest BCUT2D eigenvalue weighted by molar-refractivity contribution is -0.139. The SMILES string of the molecule is CC(C1CC1)N(Cc1ccccc1)C(=O)CN1C(=O)NC(c2ccccc2Cl)C1=O. The number of imide groups is 1. The molecule has 1 N–H and O–H groups in total. The number of nitrogens with zero attached hydrogens (tertiary/aromatic N) is 2. The van der Waals surface area contributed by atoms with Gasteiger partial charge >= 0.3 is 6.03 Å². The van der Waals surface area contributed by atoms with Crippen LogP contribution in [0.4, 0.5) is 4.79 Å². The molecule has 7 heteroatoms. The Hall–Kier alpha value is -2.86. The molecule has 2 aliphatic rings. The largest absolute Gasteiger partial charge is 0.334 e. The third kappa shape index (κ3) is 4.19. The highest BCUT2D eigenvalue weighted by atomic mass is 35.5. The van der Waals surface area contributed by atoms with Crippen LogP contribution >= 0.6 is 11.6 Å². The fraction of sp³-hybridized carbons (Fsp3) is 0.348. The van der Waals surface area contributed by atoms with Crippen molar-refractivity contribution in [3.8, 4) is 0 Å². The van der Waals surface area contributed by atoms with Crippen molar-refractivity contribution in [3.63, 3.8) is 0 Å². The fourth-order valence-corrected chi connectivity index (χ4v) is 4.13. The van der Waals surface area contributed by atoms with Gasteiger partial charge in [0, 0.05) is 23.2 Å². The van der Waals surface area contributed by atoms with Gasteiger partial charge in [-0.2, -0.15) is 0 Å². The van der Waals surface area contributed by atoms with Crippen molar-refractivity contribution >= 4 is 29.4 Å². The summed E-state index contributed by atoms with van der Waals surface area (Å²) in [5.41, 5.74) is 1.55. The van der Waals surface area contributed by atoms with Gasteiger partial charge in [-0.25, -0.2) is 4.79 Å². The molecule has 1 heterocycles. The van der Waals surface area contributed by atoms with Gasteiger partial charge in [0.25, 0.3) is 5.91 Å². The molecule has 1 aliphatic heterocycles. The molecule has 2 fully saturated rings. The highest BCUT2D eigenvalue weighted by molar-refractivity contribution is 6.31. The number of hydrogen-bond acceptors (Lipinski definition) is 3. The van der Waals surface area contributed by atoms with Crippen LogP contribution in [0.25, 0.3) is 0 Å². The van der Waals surface area contributed by atoms with Gasteiger partial charge in [-0.15, -0.1) is 0 Å². The van der Waals surface area contributed by atoms with Crippen LogP contribution in [0.5, 0.6) is 0 Å². The molecule has 2 unspecified atom stereocenters. The van der Waals surface area contributed by atoms with E-state index in [0.717, 1.165) is 23.3 Å². The highest BCUT2D eigenvalue weighted by Gasteiger charge is 2.42. The second kappa shape index (κ2) is 8.48. The van der Waals surface area contributed by atoms with E-state index >= 15 is 0 Å². The predicted octanol–water partition coefficient (Wildman–Crippen LogP) is 3.76. The summed E-state index contributed by atoms with van der Waals surface area (Å²) >= 11 is 6.20. The number of carbonyl (C=O) groups excluding carboxylic acids is 3. The fourth-order valence-electron chi connectivity index (χ4n) is 3.89. The van der Waals surface area contributed by atoms with Crippen LogP contribution in [0, 0.1) is 5.92 Å². The standard InChI is InChI=1S/C23H24ClN3O3/c1-15(17-11-12-17)26(13-16-7-3-2-4-8-16)20(28)14-27-22(29)21(25-23(27)30)18-9-5-6-10-19(18)24/h2-10,15,17,21H,11-14H2,1H3,(H,25,30). The molecule has 4 rings (SSSR count). The summed E-state index contributed by atoms with van der Waals surface area (Å²) in [7, 11) is 0. The lowest BCUT2D eigenvalue weighted by atomic mass is 10.1. The Morgan fingerprint density at radius 3 is 2.47 bits per heavy atom. The van der Waals surface area contributed by atoms with E-state index < -0.39 is 18.0 Å². The van der Waals surface area contributed by atoms with Crippen LogP contribution in [0.1, 0.15) is 36.9 Å². The van der Waals surface area contributed by atoms with Crippen LogP contribution in [-0.4, -0.2) is 40.2 Å². The molecule has 2 aromatic rings. The number of nitrogens with one attached hydrogen (secondary N) is 1. The van der Waals surface area contributed by atoms with Crippen LogP contribution < -0.4 is 5.32 Å². The zero-order valence-electron chi connectivity index (χ0n) is 16.8. The molecular formula is C23H24ClN3O3. The van der Waals surface area contributed by atoms with Crippen molar-refractivity contribution in [3.05, 3.63) is 70.7 Å². The summed E-state index contributed by atoms with van der Waals surface area (Å²) in [6.07, 6.45) is 2.19. The minimum Gasteiger partial charge on any atom is -0.334 e. The number of rotatable bonds is 7. The van der Waals surface area contributed by atoms with Gasteiger partial charge in [-0.1, -0.05) is 60.1 Å². The van der Waals surface area contributed by atoms with E-state index in [2.05, 4.69) is 5.32 Å². The Morgan fingerprint density at radius 2 is 1.80 bits per heavy atom. The van der Waals surface area contributed by atoms with Gasteiger partial charge in [-0.3, -0.25) is 14.5 Å². The molecule has 0 bridgehead atoms. The Bertz CT molecular complexity index is 961. The van der Waals surface area contributed by atoms with E-state index in [1.54, 1.807) is 29.2 Å². The molecule has 1 aliphatic carbocycles. The summed E-state index contributed by atoms with van der Waals surface area (Å²) < 4.78 is 0. The molecule has 4 amide bonds. The maximum Gasteiger partial charge on any atom is 0.325 e. The average Bonchev–Trinajstić information content (AvgIpc) is 3.56. The normalized spacial score (nSPS) is 19.5. The van der Waals surface area contributed by atoms with E-state index in [4.69, 9.17) is 11.6 Å². The lowest BCUT2D eigenvalue weighted by Crippen LogP contribution is -2.46. The van der Waals surface area contributed by atoms with Crippen LogP contribution in [-0.2, 0) is 16.1 Å². The monoisotopic (exact) mass is 425 g/mol. The van der Waals surface area contributed by atoms with E-state index in [0.29, 0.717) is 23.0 Å². The van der Waals surface area contributed by atoms with E-state index in [1.807, 2.05) is 37.3 Å². The maximum absolute atomic E-state index is 13.2. The predicted molar refractivity (Wildman–Crippen MR) is 114 cm³/mol. The minimum absolute atomic E-state index is 0.0536. The van der Waals surface area contributed by atoms with Gasteiger partial charge in [0.1, 0.15) is 12.6 Å². The summed E-state index contributed by atoms with van der Waals surface area (Å²) in [6, 6.07) is 15.2. The van der Waals surface area contributed by atoms with Gasteiger partial charge in [0.2, 0.25) is 5.91 Å². The van der Waals surface area contributed by atoms with Gasteiger partial charge < -0.3 is 10.2 Å². The van der Waals surface area contributed by atoms with Crippen molar-refractivity contribution in [2.45, 2.75) is 38.4 Å². The zero-order valence-corrected chi connectivity index (χ0v) is 17.5. The molecule has 2 atom stereocenters. The first kappa shape index (κ1) is 20.4. The van der Waals surface area contributed by atoms with Crippen molar-refractivity contribution in [1.29, 1.82) is 0 Å². The Balaban J connectivity index is 1.51. The molecule has 2 aromatic carbocycles. The number of hydrogen-bond donors (Lipinski definition) is 1. The second-order valence-corrected chi connectivity index (χ2v) is 8.32. The Morgan fingerprint density at radius 1 is 1.13 bits per heavy atom. The van der Waals surface area contributed by atoms with Gasteiger partial charge in [0.05, 0.1) is 0 Å². The van der Waals surface area contributed by atoms with Crippen molar-refractivity contribution in [2.24, 2.45) is 5.92 Å². The number of benzene rings is 2. The van der Waals surface area contributed by atoms with Crippen LogP contribution in [0.2, 0.25) is 5.02 Å². The van der Waals surface area contributed by atoms with E-state index in [1.165, 1.54) is 0 Å². The molecule has 0 aromatic heterocycles. The average molecular weight is 426 g/mol. The lowest BCUT2D eigenvalue weighted by Gasteiger charge is -2.30. The molecule has 6 nitrogen and oxygen atoms in total. The van der Waals surface area contributed by atoms with Gasteiger partial charge in [-0.05, 0) is 37.3 Å². The minimum atomic E-state index is -0.873. The number of carbonyl (C=O) groups is 3.